The Kier molecular flexibility index (Phi) is 7.68. The summed E-state index contributed by atoms with van der Waals surface area (Å²) < 4.78 is 11.4. The van der Waals surface area contributed by atoms with E-state index in [2.05, 4.69) is 10.3 Å². The summed E-state index contributed by atoms with van der Waals surface area (Å²) >= 11 is 0. The summed E-state index contributed by atoms with van der Waals surface area (Å²) in [5.41, 5.74) is 2.25. The first-order valence-electron chi connectivity index (χ1n) is 8.19. The number of benzene rings is 2. The number of pyridine rings is 1. The second-order valence-corrected chi connectivity index (χ2v) is 5.43. The number of hydrogen-bond acceptors (Lipinski definition) is 4. The molecule has 0 bridgehead atoms. The molecule has 3 aromatic rings. The Balaban J connectivity index is 0.000000552. The summed E-state index contributed by atoms with van der Waals surface area (Å²) in [6.45, 7) is 2.55. The van der Waals surface area contributed by atoms with Gasteiger partial charge in [0.25, 0.3) is 0 Å². The lowest BCUT2D eigenvalue weighted by Gasteiger charge is -2.08. The molecule has 0 spiro atoms. The van der Waals surface area contributed by atoms with E-state index >= 15 is 0 Å². The molecule has 0 aliphatic heterocycles. The third kappa shape index (κ3) is 6.65. The van der Waals surface area contributed by atoms with Gasteiger partial charge in [-0.3, -0.25) is 4.79 Å². The van der Waals surface area contributed by atoms with Gasteiger partial charge in [-0.05, 0) is 42.3 Å². The molecule has 26 heavy (non-hydrogen) atoms. The molecule has 0 radical (unpaired) electrons. The molecule has 0 atom stereocenters. The van der Waals surface area contributed by atoms with Crippen molar-refractivity contribution in [3.8, 4) is 17.4 Å². The average Bonchev–Trinajstić information content (AvgIpc) is 2.70. The summed E-state index contributed by atoms with van der Waals surface area (Å²) in [4.78, 5) is 13.3. The highest BCUT2D eigenvalue weighted by Gasteiger charge is 2.00. The van der Waals surface area contributed by atoms with Crippen molar-refractivity contribution in [1.29, 1.82) is 0 Å². The van der Waals surface area contributed by atoms with Crippen molar-refractivity contribution in [2.75, 3.05) is 7.05 Å². The number of hydrogen-bond donors (Lipinski definition) is 1. The van der Waals surface area contributed by atoms with Crippen LogP contribution >= 0.6 is 0 Å². The van der Waals surface area contributed by atoms with Crippen LogP contribution in [-0.2, 0) is 11.4 Å². The van der Waals surface area contributed by atoms with E-state index in [9.17, 15) is 0 Å². The molecule has 134 valence electrons. The molecule has 3 rings (SSSR count). The van der Waals surface area contributed by atoms with E-state index in [0.29, 0.717) is 18.9 Å². The topological polar surface area (TPSA) is 60.5 Å². The number of ether oxygens (including phenoxy) is 2. The molecule has 1 heterocycles. The minimum atomic E-state index is 0.556. The van der Waals surface area contributed by atoms with Crippen LogP contribution < -0.4 is 14.8 Å². The number of rotatable bonds is 6. The van der Waals surface area contributed by atoms with Gasteiger partial charge in [0.05, 0.1) is 0 Å². The van der Waals surface area contributed by atoms with Crippen LogP contribution in [0.3, 0.4) is 0 Å². The molecule has 5 heteroatoms. The van der Waals surface area contributed by atoms with Crippen LogP contribution in [0.4, 0.5) is 0 Å². The third-order valence-electron chi connectivity index (χ3n) is 3.30. The van der Waals surface area contributed by atoms with E-state index in [-0.39, 0.29) is 0 Å². The zero-order valence-corrected chi connectivity index (χ0v) is 14.9. The molecule has 0 saturated heterocycles. The molecular formula is C21H22N2O3. The molecule has 0 saturated carbocycles. The SMILES string of the molecule is CNC=O.Cc1ccc(Oc2ccc(OCc3ccccc3)cc2)nc1. The van der Waals surface area contributed by atoms with Crippen molar-refractivity contribution in [2.45, 2.75) is 13.5 Å². The van der Waals surface area contributed by atoms with Crippen molar-refractivity contribution in [3.05, 3.63) is 84.1 Å². The Hall–Kier alpha value is -3.34. The van der Waals surface area contributed by atoms with Crippen molar-refractivity contribution in [3.63, 3.8) is 0 Å². The monoisotopic (exact) mass is 350 g/mol. The smallest absolute Gasteiger partial charge is 0.219 e. The van der Waals surface area contributed by atoms with E-state index in [0.717, 1.165) is 22.6 Å². The summed E-state index contributed by atoms with van der Waals surface area (Å²) in [5, 5.41) is 2.25. The number of aromatic nitrogens is 1. The molecule has 2 aromatic carbocycles. The summed E-state index contributed by atoms with van der Waals surface area (Å²) in [6.07, 6.45) is 2.41. The van der Waals surface area contributed by atoms with E-state index in [1.807, 2.05) is 73.7 Å². The number of amides is 1. The lowest BCUT2D eigenvalue weighted by atomic mass is 10.2. The Morgan fingerprint density at radius 3 is 2.19 bits per heavy atom. The normalized spacial score (nSPS) is 9.46. The predicted molar refractivity (Wildman–Crippen MR) is 101 cm³/mol. The molecule has 0 aliphatic rings. The minimum absolute atomic E-state index is 0.556. The van der Waals surface area contributed by atoms with Gasteiger partial charge in [-0.1, -0.05) is 36.4 Å². The van der Waals surface area contributed by atoms with Crippen LogP contribution in [0, 0.1) is 6.92 Å². The molecule has 1 aromatic heterocycles. The molecule has 0 aliphatic carbocycles. The number of nitrogens with zero attached hydrogens (tertiary/aromatic N) is 1. The first-order valence-corrected chi connectivity index (χ1v) is 8.19. The standard InChI is InChI=1S/C19H17NO2.C2H5NO/c1-15-7-12-19(20-13-15)22-18-10-8-17(9-11-18)21-14-16-5-3-2-4-6-16;1-3-2-4/h2-13H,14H2,1H3;2H,1H3,(H,3,4). The highest BCUT2D eigenvalue weighted by atomic mass is 16.5. The Morgan fingerprint density at radius 2 is 1.62 bits per heavy atom. The van der Waals surface area contributed by atoms with E-state index in [1.165, 1.54) is 0 Å². The first-order chi connectivity index (χ1) is 12.7. The second-order valence-electron chi connectivity index (χ2n) is 5.43. The molecule has 0 fully saturated rings. The lowest BCUT2D eigenvalue weighted by molar-refractivity contribution is -0.109. The van der Waals surface area contributed by atoms with Crippen molar-refractivity contribution in [2.24, 2.45) is 0 Å². The van der Waals surface area contributed by atoms with E-state index < -0.39 is 0 Å². The number of carbonyl (C=O) groups is 1. The zero-order chi connectivity index (χ0) is 18.6. The van der Waals surface area contributed by atoms with Crippen LogP contribution in [0.1, 0.15) is 11.1 Å². The van der Waals surface area contributed by atoms with Crippen LogP contribution in [-0.4, -0.2) is 18.4 Å². The second kappa shape index (κ2) is 10.5. The number of nitrogens with one attached hydrogen (secondary N) is 1. The van der Waals surface area contributed by atoms with Gasteiger partial charge in [0.1, 0.15) is 18.1 Å². The van der Waals surface area contributed by atoms with Crippen molar-refractivity contribution < 1.29 is 14.3 Å². The highest BCUT2D eigenvalue weighted by Crippen LogP contribution is 2.23. The van der Waals surface area contributed by atoms with Gasteiger partial charge >= 0.3 is 0 Å². The van der Waals surface area contributed by atoms with E-state index in [4.69, 9.17) is 14.3 Å². The Morgan fingerprint density at radius 1 is 0.962 bits per heavy atom. The Bertz CT molecular complexity index is 773. The van der Waals surface area contributed by atoms with Gasteiger partial charge < -0.3 is 14.8 Å². The van der Waals surface area contributed by atoms with Gasteiger partial charge in [-0.2, -0.15) is 0 Å². The van der Waals surface area contributed by atoms with Crippen LogP contribution in [0.2, 0.25) is 0 Å². The van der Waals surface area contributed by atoms with Crippen LogP contribution in [0.5, 0.6) is 17.4 Å². The molecule has 0 unspecified atom stereocenters. The van der Waals surface area contributed by atoms with Gasteiger partial charge in [0.2, 0.25) is 12.3 Å². The number of carbonyl (C=O) groups excluding carboxylic acids is 1. The fourth-order valence-corrected chi connectivity index (χ4v) is 1.98. The zero-order valence-electron chi connectivity index (χ0n) is 14.9. The fraction of sp³-hybridized carbons (Fsp3) is 0.143. The molecular weight excluding hydrogens is 328 g/mol. The maximum atomic E-state index is 9.06. The highest BCUT2D eigenvalue weighted by molar-refractivity contribution is 5.44. The van der Waals surface area contributed by atoms with Crippen LogP contribution in [0.15, 0.2) is 72.9 Å². The summed E-state index contributed by atoms with van der Waals surface area (Å²) in [6, 6.07) is 21.5. The van der Waals surface area contributed by atoms with Crippen molar-refractivity contribution >= 4 is 6.41 Å². The largest absolute Gasteiger partial charge is 0.489 e. The van der Waals surface area contributed by atoms with Gasteiger partial charge in [0, 0.05) is 19.3 Å². The number of aryl methyl sites for hydroxylation is 1. The molecule has 5 nitrogen and oxygen atoms in total. The average molecular weight is 350 g/mol. The van der Waals surface area contributed by atoms with E-state index in [1.54, 1.807) is 13.2 Å². The Labute approximate surface area is 153 Å². The lowest BCUT2D eigenvalue weighted by Crippen LogP contribution is -1.98. The quantitative estimate of drug-likeness (QED) is 0.679. The molecule has 1 amide bonds. The minimum Gasteiger partial charge on any atom is -0.489 e. The summed E-state index contributed by atoms with van der Waals surface area (Å²) in [7, 11) is 1.56. The maximum Gasteiger partial charge on any atom is 0.219 e. The molecule has 1 N–H and O–H groups in total. The predicted octanol–water partition coefficient (Wildman–Crippen LogP) is 4.12. The van der Waals surface area contributed by atoms with Crippen LogP contribution in [0.25, 0.3) is 0 Å². The first kappa shape index (κ1) is 19.0. The third-order valence-corrected chi connectivity index (χ3v) is 3.30. The fourth-order valence-electron chi connectivity index (χ4n) is 1.98. The van der Waals surface area contributed by atoms with Gasteiger partial charge in [-0.25, -0.2) is 4.98 Å². The summed E-state index contributed by atoms with van der Waals surface area (Å²) in [5.74, 6) is 2.14. The van der Waals surface area contributed by atoms with Crippen molar-refractivity contribution in [1.82, 2.24) is 10.3 Å². The maximum absolute atomic E-state index is 9.06. The van der Waals surface area contributed by atoms with Gasteiger partial charge in [0.15, 0.2) is 0 Å². The van der Waals surface area contributed by atoms with Gasteiger partial charge in [-0.15, -0.1) is 0 Å².